The van der Waals surface area contributed by atoms with Gasteiger partial charge in [0, 0.05) is 11.8 Å². The summed E-state index contributed by atoms with van der Waals surface area (Å²) >= 11 is 0. The first kappa shape index (κ1) is 13.3. The fraction of sp³-hybridized carbons (Fsp3) is 0.357. The van der Waals surface area contributed by atoms with Crippen LogP contribution in [0.2, 0.25) is 0 Å². The Hall–Kier alpha value is -2.17. The Morgan fingerprint density at radius 2 is 1.95 bits per heavy atom. The Morgan fingerprint density at radius 1 is 1.21 bits per heavy atom. The quantitative estimate of drug-likeness (QED) is 0.844. The molecule has 1 amide bonds. The SMILES string of the molecule is O=C([O-])C1=C(C(=O)NCc2ccccn2)CCCC1. The lowest BCUT2D eigenvalue weighted by atomic mass is 9.91. The van der Waals surface area contributed by atoms with Crippen molar-refractivity contribution in [2.45, 2.75) is 32.2 Å². The number of rotatable bonds is 4. The highest BCUT2D eigenvalue weighted by molar-refractivity contribution is 6.01. The molecule has 5 nitrogen and oxygen atoms in total. The second kappa shape index (κ2) is 6.13. The van der Waals surface area contributed by atoms with E-state index in [9.17, 15) is 14.7 Å². The van der Waals surface area contributed by atoms with Gasteiger partial charge in [-0.3, -0.25) is 9.78 Å². The smallest absolute Gasteiger partial charge is 0.247 e. The van der Waals surface area contributed by atoms with Crippen LogP contribution in [0.25, 0.3) is 0 Å². The molecule has 0 unspecified atom stereocenters. The van der Waals surface area contributed by atoms with Crippen molar-refractivity contribution < 1.29 is 14.7 Å². The molecular formula is C14H15N2O3-. The van der Waals surface area contributed by atoms with E-state index in [1.54, 1.807) is 18.3 Å². The molecule has 1 heterocycles. The maximum absolute atomic E-state index is 12.0. The number of pyridine rings is 1. The van der Waals surface area contributed by atoms with Gasteiger partial charge in [-0.2, -0.15) is 0 Å². The Bertz CT molecular complexity index is 509. The number of nitrogens with one attached hydrogen (secondary N) is 1. The Morgan fingerprint density at radius 3 is 2.58 bits per heavy atom. The number of hydrogen-bond acceptors (Lipinski definition) is 4. The zero-order chi connectivity index (χ0) is 13.7. The van der Waals surface area contributed by atoms with E-state index in [0.717, 1.165) is 18.5 Å². The van der Waals surface area contributed by atoms with Gasteiger partial charge in [0.1, 0.15) is 0 Å². The summed E-state index contributed by atoms with van der Waals surface area (Å²) in [6.45, 7) is 0.295. The van der Waals surface area contributed by atoms with Gasteiger partial charge in [-0.05, 0) is 43.4 Å². The van der Waals surface area contributed by atoms with Crippen LogP contribution in [0.5, 0.6) is 0 Å². The highest BCUT2D eigenvalue weighted by Crippen LogP contribution is 2.24. The third kappa shape index (κ3) is 3.40. The van der Waals surface area contributed by atoms with Gasteiger partial charge in [-0.25, -0.2) is 0 Å². The first-order chi connectivity index (χ1) is 9.18. The maximum atomic E-state index is 12.0. The van der Waals surface area contributed by atoms with E-state index in [-0.39, 0.29) is 11.5 Å². The van der Waals surface area contributed by atoms with Crippen molar-refractivity contribution in [2.75, 3.05) is 0 Å². The van der Waals surface area contributed by atoms with Crippen LogP contribution < -0.4 is 10.4 Å². The van der Waals surface area contributed by atoms with Crippen LogP contribution in [0.1, 0.15) is 31.4 Å². The van der Waals surface area contributed by atoms with Crippen LogP contribution in [0.4, 0.5) is 0 Å². The van der Waals surface area contributed by atoms with Gasteiger partial charge in [0.2, 0.25) is 5.91 Å². The van der Waals surface area contributed by atoms with Crippen molar-refractivity contribution >= 4 is 11.9 Å². The number of carbonyl (C=O) groups is 2. The van der Waals surface area contributed by atoms with E-state index in [0.29, 0.717) is 25.0 Å². The van der Waals surface area contributed by atoms with Crippen molar-refractivity contribution in [1.82, 2.24) is 10.3 Å². The highest BCUT2D eigenvalue weighted by atomic mass is 16.4. The Balaban J connectivity index is 2.04. The van der Waals surface area contributed by atoms with Gasteiger partial charge in [-0.1, -0.05) is 6.07 Å². The number of carboxylic acid groups (broad SMARTS) is 1. The van der Waals surface area contributed by atoms with Crippen molar-refractivity contribution in [1.29, 1.82) is 0 Å². The van der Waals surface area contributed by atoms with Gasteiger partial charge < -0.3 is 15.2 Å². The van der Waals surface area contributed by atoms with Crippen molar-refractivity contribution in [2.24, 2.45) is 0 Å². The summed E-state index contributed by atoms with van der Waals surface area (Å²) in [7, 11) is 0. The summed E-state index contributed by atoms with van der Waals surface area (Å²) in [6, 6.07) is 5.43. The van der Waals surface area contributed by atoms with Crippen LogP contribution in [-0.4, -0.2) is 16.9 Å². The number of nitrogens with zero attached hydrogens (tertiary/aromatic N) is 1. The molecule has 1 aromatic heterocycles. The minimum atomic E-state index is -1.23. The predicted molar refractivity (Wildman–Crippen MR) is 66.6 cm³/mol. The van der Waals surface area contributed by atoms with Gasteiger partial charge >= 0.3 is 0 Å². The topological polar surface area (TPSA) is 82.1 Å². The number of aliphatic carboxylic acids is 1. The predicted octanol–water partition coefficient (Wildman–Crippen LogP) is 0.318. The van der Waals surface area contributed by atoms with Crippen LogP contribution in [0, 0.1) is 0 Å². The van der Waals surface area contributed by atoms with Crippen LogP contribution in [0.3, 0.4) is 0 Å². The largest absolute Gasteiger partial charge is 0.545 e. The van der Waals surface area contributed by atoms with Gasteiger partial charge in [0.15, 0.2) is 0 Å². The average molecular weight is 259 g/mol. The number of hydrogen-bond donors (Lipinski definition) is 1. The molecule has 0 saturated carbocycles. The lowest BCUT2D eigenvalue weighted by molar-refractivity contribution is -0.299. The second-order valence-corrected chi connectivity index (χ2v) is 4.46. The summed E-state index contributed by atoms with van der Waals surface area (Å²) < 4.78 is 0. The molecule has 2 rings (SSSR count). The average Bonchev–Trinajstić information content (AvgIpc) is 2.46. The molecule has 0 radical (unpaired) electrons. The van der Waals surface area contributed by atoms with E-state index in [1.807, 2.05) is 6.07 Å². The number of amides is 1. The number of carboxylic acids is 1. The Kier molecular flexibility index (Phi) is 4.28. The molecule has 1 aliphatic carbocycles. The van der Waals surface area contributed by atoms with E-state index in [4.69, 9.17) is 0 Å². The van der Waals surface area contributed by atoms with E-state index in [1.165, 1.54) is 0 Å². The van der Waals surface area contributed by atoms with Crippen molar-refractivity contribution in [3.8, 4) is 0 Å². The van der Waals surface area contributed by atoms with E-state index in [2.05, 4.69) is 10.3 Å². The third-order valence-corrected chi connectivity index (χ3v) is 3.14. The van der Waals surface area contributed by atoms with Gasteiger partial charge in [-0.15, -0.1) is 0 Å². The van der Waals surface area contributed by atoms with Crippen LogP contribution >= 0.6 is 0 Å². The second-order valence-electron chi connectivity index (χ2n) is 4.46. The molecule has 0 aliphatic heterocycles. The monoisotopic (exact) mass is 259 g/mol. The molecule has 0 bridgehead atoms. The molecule has 0 atom stereocenters. The molecule has 0 aromatic carbocycles. The summed E-state index contributed by atoms with van der Waals surface area (Å²) in [5.41, 5.74) is 1.23. The molecule has 1 aliphatic rings. The summed E-state index contributed by atoms with van der Waals surface area (Å²) in [5.74, 6) is -1.56. The zero-order valence-corrected chi connectivity index (χ0v) is 10.5. The van der Waals surface area contributed by atoms with Gasteiger partial charge in [0.25, 0.3) is 0 Å². The van der Waals surface area contributed by atoms with Gasteiger partial charge in [0.05, 0.1) is 18.2 Å². The highest BCUT2D eigenvalue weighted by Gasteiger charge is 2.19. The minimum Gasteiger partial charge on any atom is -0.545 e. The Labute approximate surface area is 111 Å². The molecule has 5 heteroatoms. The first-order valence-corrected chi connectivity index (χ1v) is 6.30. The fourth-order valence-electron chi connectivity index (χ4n) is 2.16. The third-order valence-electron chi connectivity index (χ3n) is 3.14. The van der Waals surface area contributed by atoms with E-state index >= 15 is 0 Å². The molecule has 1 N–H and O–H groups in total. The standard InChI is InChI=1S/C14H16N2O3/c17-13(16-9-10-5-3-4-8-15-10)11-6-1-2-7-12(11)14(18)19/h3-5,8H,1-2,6-7,9H2,(H,16,17)(H,18,19)/p-1. The summed E-state index contributed by atoms with van der Waals surface area (Å²) in [6.07, 6.45) is 4.18. The lowest BCUT2D eigenvalue weighted by Gasteiger charge is -2.20. The summed E-state index contributed by atoms with van der Waals surface area (Å²) in [4.78, 5) is 27.1. The zero-order valence-electron chi connectivity index (χ0n) is 10.5. The normalized spacial score (nSPS) is 15.2. The number of aromatic nitrogens is 1. The maximum Gasteiger partial charge on any atom is 0.247 e. The summed E-state index contributed by atoms with van der Waals surface area (Å²) in [5, 5.41) is 13.7. The lowest BCUT2D eigenvalue weighted by Crippen LogP contribution is -2.32. The van der Waals surface area contributed by atoms with Crippen molar-refractivity contribution in [3.05, 3.63) is 41.2 Å². The fourth-order valence-corrected chi connectivity index (χ4v) is 2.16. The molecule has 19 heavy (non-hydrogen) atoms. The van der Waals surface area contributed by atoms with E-state index < -0.39 is 5.97 Å². The molecule has 0 saturated heterocycles. The molecule has 0 fully saturated rings. The van der Waals surface area contributed by atoms with Crippen LogP contribution in [-0.2, 0) is 16.1 Å². The molecular weight excluding hydrogens is 244 g/mol. The number of carbonyl (C=O) groups excluding carboxylic acids is 2. The van der Waals surface area contributed by atoms with Crippen LogP contribution in [0.15, 0.2) is 35.5 Å². The van der Waals surface area contributed by atoms with Crippen molar-refractivity contribution in [3.63, 3.8) is 0 Å². The first-order valence-electron chi connectivity index (χ1n) is 6.30. The molecule has 0 spiro atoms. The minimum absolute atomic E-state index is 0.143. The molecule has 100 valence electrons. The molecule has 1 aromatic rings.